The first-order valence-corrected chi connectivity index (χ1v) is 10.6. The van der Waals surface area contributed by atoms with Crippen molar-refractivity contribution in [2.75, 3.05) is 19.7 Å². The lowest BCUT2D eigenvalue weighted by Crippen LogP contribution is -2.27. The van der Waals surface area contributed by atoms with Gasteiger partial charge in [-0.15, -0.1) is 0 Å². The van der Waals surface area contributed by atoms with Crippen molar-refractivity contribution in [3.8, 4) is 28.9 Å². The Morgan fingerprint density at radius 1 is 1.06 bits per heavy atom. The number of phenols is 1. The number of nitrogens with zero attached hydrogens (tertiary/aromatic N) is 1. The van der Waals surface area contributed by atoms with Gasteiger partial charge >= 0.3 is 0 Å². The average Bonchev–Trinajstić information content (AvgIpc) is 2.81. The fraction of sp³-hybridized carbons (Fsp3) is 0.250. The number of primary amides is 1. The van der Waals surface area contributed by atoms with Gasteiger partial charge in [-0.2, -0.15) is 0 Å². The van der Waals surface area contributed by atoms with Crippen LogP contribution in [0.5, 0.6) is 28.9 Å². The Morgan fingerprint density at radius 2 is 1.76 bits per heavy atom. The molecule has 0 aliphatic heterocycles. The summed E-state index contributed by atoms with van der Waals surface area (Å²) >= 11 is 0. The van der Waals surface area contributed by atoms with Crippen molar-refractivity contribution in [2.24, 2.45) is 12.8 Å². The van der Waals surface area contributed by atoms with Gasteiger partial charge in [0.05, 0.1) is 5.56 Å². The molecule has 1 atom stereocenters. The second kappa shape index (κ2) is 11.7. The number of nitrogens with one attached hydrogen (secondary N) is 1. The number of benzene rings is 2. The van der Waals surface area contributed by atoms with Crippen LogP contribution in [0.1, 0.15) is 16.8 Å². The molecule has 34 heavy (non-hydrogen) atoms. The number of hydrogen-bond donors (Lipinski definition) is 4. The maximum Gasteiger partial charge on any atom is 0.253 e. The standard InChI is InChI=1S/C24H27N3O7/c1-27-21(29)3-2-4-22(27)33-16-5-7-17(8-6-16)34-23(30)11-12-26-13-14-32-18-9-10-20(28)19(15-18)24(25)31/h2-10,15,23,26,28,30H,11-14H2,1H3,(H2,25,31). The van der Waals surface area contributed by atoms with Gasteiger partial charge in [-0.3, -0.25) is 14.2 Å². The van der Waals surface area contributed by atoms with Crippen LogP contribution in [0.15, 0.2) is 65.5 Å². The number of hydrogen-bond acceptors (Lipinski definition) is 8. The molecule has 3 rings (SSSR count). The summed E-state index contributed by atoms with van der Waals surface area (Å²) in [6.07, 6.45) is -0.666. The van der Waals surface area contributed by atoms with E-state index < -0.39 is 12.2 Å². The van der Waals surface area contributed by atoms with Gasteiger partial charge in [-0.25, -0.2) is 0 Å². The van der Waals surface area contributed by atoms with Crippen LogP contribution in [0.2, 0.25) is 0 Å². The first-order valence-electron chi connectivity index (χ1n) is 10.6. The molecule has 2 aromatic carbocycles. The number of pyridine rings is 1. The topological polar surface area (TPSA) is 145 Å². The van der Waals surface area contributed by atoms with Gasteiger partial charge in [0, 0.05) is 32.6 Å². The van der Waals surface area contributed by atoms with E-state index in [-0.39, 0.29) is 16.9 Å². The number of amides is 1. The molecule has 1 amide bonds. The molecule has 180 valence electrons. The zero-order chi connectivity index (χ0) is 24.5. The highest BCUT2D eigenvalue weighted by Gasteiger charge is 2.09. The number of aliphatic hydroxyl groups is 1. The van der Waals surface area contributed by atoms with E-state index >= 15 is 0 Å². The Bertz CT molecular complexity index is 1160. The van der Waals surface area contributed by atoms with E-state index in [4.69, 9.17) is 19.9 Å². The average molecular weight is 469 g/mol. The Hall–Kier alpha value is -4.02. The van der Waals surface area contributed by atoms with E-state index in [1.165, 1.54) is 28.8 Å². The molecular weight excluding hydrogens is 442 g/mol. The number of carbonyl (C=O) groups excluding carboxylic acids is 1. The monoisotopic (exact) mass is 469 g/mol. The predicted molar refractivity (Wildman–Crippen MR) is 124 cm³/mol. The van der Waals surface area contributed by atoms with Gasteiger partial charge < -0.3 is 35.5 Å². The number of nitrogens with two attached hydrogens (primary N) is 1. The molecule has 10 nitrogen and oxygen atoms in total. The number of carbonyl (C=O) groups is 1. The van der Waals surface area contributed by atoms with E-state index in [1.54, 1.807) is 43.4 Å². The van der Waals surface area contributed by atoms with Crippen LogP contribution in [0.4, 0.5) is 0 Å². The number of rotatable bonds is 12. The molecule has 1 unspecified atom stereocenters. The molecule has 0 radical (unpaired) electrons. The zero-order valence-corrected chi connectivity index (χ0v) is 18.6. The van der Waals surface area contributed by atoms with Crippen LogP contribution in [0, 0.1) is 0 Å². The molecule has 0 spiro atoms. The summed E-state index contributed by atoms with van der Waals surface area (Å²) in [6, 6.07) is 15.7. The maximum atomic E-state index is 11.7. The lowest BCUT2D eigenvalue weighted by Gasteiger charge is -2.15. The fourth-order valence-electron chi connectivity index (χ4n) is 2.96. The van der Waals surface area contributed by atoms with Crippen molar-refractivity contribution in [1.82, 2.24) is 9.88 Å². The van der Waals surface area contributed by atoms with E-state index in [0.717, 1.165) is 0 Å². The Kier molecular flexibility index (Phi) is 8.49. The molecule has 0 aliphatic rings. The molecule has 0 saturated heterocycles. The van der Waals surface area contributed by atoms with Crippen molar-refractivity contribution >= 4 is 5.91 Å². The van der Waals surface area contributed by atoms with Gasteiger partial charge in [-0.1, -0.05) is 6.07 Å². The van der Waals surface area contributed by atoms with Crippen molar-refractivity contribution in [2.45, 2.75) is 12.7 Å². The summed E-state index contributed by atoms with van der Waals surface area (Å²) in [5.74, 6) is 0.898. The SMILES string of the molecule is Cn1c(Oc2ccc(OC(O)CCNCCOc3ccc(O)c(C(N)=O)c3)cc2)cccc1=O. The number of aliphatic hydroxyl groups excluding tert-OH is 1. The highest BCUT2D eigenvalue weighted by molar-refractivity contribution is 5.95. The van der Waals surface area contributed by atoms with E-state index in [0.29, 0.717) is 49.2 Å². The molecule has 0 fully saturated rings. The van der Waals surface area contributed by atoms with Gasteiger partial charge in [0.15, 0.2) is 6.29 Å². The van der Waals surface area contributed by atoms with Crippen LogP contribution >= 0.6 is 0 Å². The second-order valence-corrected chi connectivity index (χ2v) is 7.34. The zero-order valence-electron chi connectivity index (χ0n) is 18.6. The van der Waals surface area contributed by atoms with Crippen LogP contribution in [0.3, 0.4) is 0 Å². The summed E-state index contributed by atoms with van der Waals surface area (Å²) in [6.45, 7) is 1.29. The lowest BCUT2D eigenvalue weighted by atomic mass is 10.2. The highest BCUT2D eigenvalue weighted by atomic mass is 16.6. The van der Waals surface area contributed by atoms with Gasteiger partial charge in [-0.05, 0) is 48.5 Å². The molecular formula is C24H27N3O7. The Balaban J connectivity index is 1.35. The molecule has 0 saturated carbocycles. The number of ether oxygens (including phenoxy) is 3. The molecule has 1 heterocycles. The van der Waals surface area contributed by atoms with Crippen LogP contribution in [-0.4, -0.2) is 46.7 Å². The normalized spacial score (nSPS) is 11.6. The maximum absolute atomic E-state index is 11.7. The summed E-state index contributed by atoms with van der Waals surface area (Å²) in [7, 11) is 1.62. The molecule has 3 aromatic rings. The van der Waals surface area contributed by atoms with Crippen molar-refractivity contribution in [3.63, 3.8) is 0 Å². The smallest absolute Gasteiger partial charge is 0.253 e. The Morgan fingerprint density at radius 3 is 2.50 bits per heavy atom. The minimum atomic E-state index is -1.01. The first-order chi connectivity index (χ1) is 16.3. The van der Waals surface area contributed by atoms with Crippen molar-refractivity contribution < 1.29 is 29.2 Å². The molecule has 5 N–H and O–H groups in total. The molecule has 0 bridgehead atoms. The van der Waals surface area contributed by atoms with Crippen molar-refractivity contribution in [3.05, 3.63) is 76.6 Å². The quantitative estimate of drug-likeness (QED) is 0.232. The third kappa shape index (κ3) is 6.99. The summed E-state index contributed by atoms with van der Waals surface area (Å²) < 4.78 is 18.1. The van der Waals surface area contributed by atoms with E-state index in [9.17, 15) is 19.8 Å². The second-order valence-electron chi connectivity index (χ2n) is 7.34. The summed E-state index contributed by atoms with van der Waals surface area (Å²) in [5, 5.41) is 22.8. The highest BCUT2D eigenvalue weighted by Crippen LogP contribution is 2.24. The first kappa shape index (κ1) is 24.6. The molecule has 0 aliphatic carbocycles. The van der Waals surface area contributed by atoms with E-state index in [2.05, 4.69) is 5.32 Å². The molecule has 10 heteroatoms. The van der Waals surface area contributed by atoms with Crippen LogP contribution in [-0.2, 0) is 7.05 Å². The van der Waals surface area contributed by atoms with Crippen molar-refractivity contribution in [1.29, 1.82) is 0 Å². The lowest BCUT2D eigenvalue weighted by molar-refractivity contribution is -0.0224. The van der Waals surface area contributed by atoms with Crippen LogP contribution < -0.4 is 30.8 Å². The summed E-state index contributed by atoms with van der Waals surface area (Å²) in [4.78, 5) is 22.9. The number of aromatic hydroxyl groups is 1. The number of aromatic nitrogens is 1. The summed E-state index contributed by atoms with van der Waals surface area (Å²) in [5.41, 5.74) is 5.02. The Labute approximate surface area is 196 Å². The van der Waals surface area contributed by atoms with E-state index in [1.807, 2.05) is 0 Å². The largest absolute Gasteiger partial charge is 0.507 e. The van der Waals surface area contributed by atoms with Crippen LogP contribution in [0.25, 0.3) is 0 Å². The van der Waals surface area contributed by atoms with Gasteiger partial charge in [0.1, 0.15) is 29.6 Å². The minimum absolute atomic E-state index is 0.00371. The fourth-order valence-corrected chi connectivity index (χ4v) is 2.96. The molecule has 1 aromatic heterocycles. The van der Waals surface area contributed by atoms with Gasteiger partial charge in [0.2, 0.25) is 5.88 Å². The third-order valence-electron chi connectivity index (χ3n) is 4.81. The minimum Gasteiger partial charge on any atom is -0.507 e. The van der Waals surface area contributed by atoms with Gasteiger partial charge in [0.25, 0.3) is 11.5 Å². The third-order valence-corrected chi connectivity index (χ3v) is 4.81. The predicted octanol–water partition coefficient (Wildman–Crippen LogP) is 1.74.